The van der Waals surface area contributed by atoms with Gasteiger partial charge in [-0.3, -0.25) is 19.0 Å². The number of nitrogens with zero attached hydrogens (tertiary/aromatic N) is 4. The minimum atomic E-state index is -0.294. The number of aromatic nitrogens is 3. The van der Waals surface area contributed by atoms with E-state index < -0.39 is 0 Å². The molecule has 2 amide bonds. The second-order valence-electron chi connectivity index (χ2n) is 8.32. The first kappa shape index (κ1) is 22.9. The fourth-order valence-electron chi connectivity index (χ4n) is 4.11. The monoisotopic (exact) mass is 468 g/mol. The first-order valence-corrected chi connectivity index (χ1v) is 11.9. The van der Waals surface area contributed by atoms with Crippen LogP contribution < -0.4 is 21.1 Å². The van der Waals surface area contributed by atoms with Crippen LogP contribution in [0.3, 0.4) is 0 Å². The van der Waals surface area contributed by atoms with E-state index in [1.54, 1.807) is 0 Å². The maximum absolute atomic E-state index is 13.0. The van der Waals surface area contributed by atoms with Crippen molar-refractivity contribution in [2.45, 2.75) is 40.2 Å². The number of hydrogen-bond acceptors (Lipinski definition) is 7. The van der Waals surface area contributed by atoms with E-state index in [1.165, 1.54) is 22.2 Å². The van der Waals surface area contributed by atoms with Crippen LogP contribution in [0.1, 0.15) is 30.9 Å². The maximum Gasteiger partial charge on any atom is 0.273 e. The minimum absolute atomic E-state index is 0.0543. The third-order valence-corrected chi connectivity index (χ3v) is 6.94. The zero-order chi connectivity index (χ0) is 23.5. The van der Waals surface area contributed by atoms with Gasteiger partial charge in [-0.1, -0.05) is 29.5 Å². The lowest BCUT2D eigenvalue weighted by Gasteiger charge is -2.31. The van der Waals surface area contributed by atoms with E-state index >= 15 is 0 Å². The van der Waals surface area contributed by atoms with Gasteiger partial charge in [-0.25, -0.2) is 4.98 Å². The lowest BCUT2D eigenvalue weighted by atomic mass is 9.97. The molecular formula is C23H28N6O3S. The van der Waals surface area contributed by atoms with E-state index in [-0.39, 0.29) is 29.8 Å². The molecule has 0 radical (unpaired) electrons. The van der Waals surface area contributed by atoms with Gasteiger partial charge in [0.2, 0.25) is 11.8 Å². The zero-order valence-corrected chi connectivity index (χ0v) is 19.9. The number of carbonyl (C=O) groups is 2. The highest BCUT2D eigenvalue weighted by atomic mass is 32.1. The molecule has 0 spiro atoms. The molecule has 0 bridgehead atoms. The Labute approximate surface area is 195 Å². The minimum Gasteiger partial charge on any atom is -0.356 e. The lowest BCUT2D eigenvalue weighted by molar-refractivity contribution is -0.125. The number of rotatable bonds is 6. The van der Waals surface area contributed by atoms with Crippen LogP contribution in [0.4, 0.5) is 10.8 Å². The summed E-state index contributed by atoms with van der Waals surface area (Å²) in [6, 6.07) is 5.79. The summed E-state index contributed by atoms with van der Waals surface area (Å²) < 4.78 is 1.72. The number of hydrogen-bond donors (Lipinski definition) is 2. The number of nitrogens with one attached hydrogen (secondary N) is 2. The molecule has 1 aromatic carbocycles. The third-order valence-electron chi connectivity index (χ3n) is 5.85. The van der Waals surface area contributed by atoms with Crippen LogP contribution in [0, 0.1) is 19.8 Å². The van der Waals surface area contributed by atoms with Crippen molar-refractivity contribution in [2.75, 3.05) is 29.9 Å². The molecule has 1 aliphatic heterocycles. The molecule has 3 aromatic rings. The molecular weight excluding hydrogens is 440 g/mol. The largest absolute Gasteiger partial charge is 0.356 e. The van der Waals surface area contributed by atoms with Gasteiger partial charge in [0.1, 0.15) is 17.6 Å². The van der Waals surface area contributed by atoms with Crippen LogP contribution in [0.25, 0.3) is 10.3 Å². The van der Waals surface area contributed by atoms with E-state index in [1.807, 2.05) is 43.9 Å². The van der Waals surface area contributed by atoms with E-state index in [0.29, 0.717) is 28.6 Å². The number of carbonyl (C=O) groups excluding carboxylic acids is 2. The van der Waals surface area contributed by atoms with Gasteiger partial charge in [0, 0.05) is 25.3 Å². The molecule has 174 valence electrons. The predicted molar refractivity (Wildman–Crippen MR) is 130 cm³/mol. The van der Waals surface area contributed by atoms with Crippen LogP contribution in [0.5, 0.6) is 0 Å². The summed E-state index contributed by atoms with van der Waals surface area (Å²) in [6.45, 7) is 7.59. The van der Waals surface area contributed by atoms with Crippen molar-refractivity contribution in [3.8, 4) is 0 Å². The summed E-state index contributed by atoms with van der Waals surface area (Å²) in [6.07, 6.45) is 3.09. The average Bonchev–Trinajstić information content (AvgIpc) is 3.24. The first-order chi connectivity index (χ1) is 15.9. The molecule has 10 heteroatoms. The Morgan fingerprint density at radius 1 is 1.24 bits per heavy atom. The topological polar surface area (TPSA) is 109 Å². The molecule has 1 fully saturated rings. The van der Waals surface area contributed by atoms with Gasteiger partial charge in [-0.2, -0.15) is 4.98 Å². The van der Waals surface area contributed by atoms with Crippen LogP contribution in [-0.2, 0) is 16.1 Å². The van der Waals surface area contributed by atoms with Crippen LogP contribution in [-0.4, -0.2) is 46.0 Å². The number of benzene rings is 1. The summed E-state index contributed by atoms with van der Waals surface area (Å²) in [5, 5.41) is 6.47. The van der Waals surface area contributed by atoms with Gasteiger partial charge < -0.3 is 15.5 Å². The van der Waals surface area contributed by atoms with Gasteiger partial charge in [0.15, 0.2) is 10.8 Å². The van der Waals surface area contributed by atoms with Crippen molar-refractivity contribution in [3.63, 3.8) is 0 Å². The van der Waals surface area contributed by atoms with Gasteiger partial charge >= 0.3 is 0 Å². The fraction of sp³-hybridized carbons (Fsp3) is 0.435. The second kappa shape index (κ2) is 9.70. The number of anilines is 2. The van der Waals surface area contributed by atoms with Crippen molar-refractivity contribution < 1.29 is 9.59 Å². The molecule has 1 saturated heterocycles. The Morgan fingerprint density at radius 2 is 2.00 bits per heavy atom. The van der Waals surface area contributed by atoms with E-state index in [2.05, 4.69) is 20.6 Å². The smallest absolute Gasteiger partial charge is 0.273 e. The molecule has 0 aliphatic carbocycles. The number of piperidine rings is 1. The van der Waals surface area contributed by atoms with Gasteiger partial charge in [-0.05, 0) is 44.7 Å². The number of para-hydroxylation sites is 1. The molecule has 4 rings (SSSR count). The third kappa shape index (κ3) is 4.90. The van der Waals surface area contributed by atoms with Crippen molar-refractivity contribution in [2.24, 2.45) is 5.92 Å². The molecule has 0 unspecified atom stereocenters. The first-order valence-electron chi connectivity index (χ1n) is 11.1. The molecule has 9 nitrogen and oxygen atoms in total. The van der Waals surface area contributed by atoms with Crippen LogP contribution in [0.15, 0.2) is 29.3 Å². The average molecular weight is 469 g/mol. The van der Waals surface area contributed by atoms with Crippen LogP contribution in [0.2, 0.25) is 0 Å². The Kier molecular flexibility index (Phi) is 6.73. The summed E-state index contributed by atoms with van der Waals surface area (Å²) in [4.78, 5) is 48.8. The fourth-order valence-corrected chi connectivity index (χ4v) is 5.12. The molecule has 1 atom stereocenters. The Balaban J connectivity index is 1.52. The van der Waals surface area contributed by atoms with Crippen LogP contribution >= 0.6 is 11.3 Å². The summed E-state index contributed by atoms with van der Waals surface area (Å²) in [5.74, 6) is -0.330. The lowest BCUT2D eigenvalue weighted by Crippen LogP contribution is -2.43. The SMILES string of the molecule is CCNC(=O)[C@@H]1CCCN(c2nc3ncn(CC(=O)Nc4c(C)cccc4C)c(=O)c3s2)C1. The normalized spacial score (nSPS) is 16.1. The molecule has 0 saturated carbocycles. The summed E-state index contributed by atoms with van der Waals surface area (Å²) in [7, 11) is 0. The van der Waals surface area contributed by atoms with Crippen molar-refractivity contribution in [1.82, 2.24) is 19.9 Å². The van der Waals surface area contributed by atoms with E-state index in [9.17, 15) is 14.4 Å². The summed E-state index contributed by atoms with van der Waals surface area (Å²) in [5.41, 5.74) is 2.76. The number of fused-ring (bicyclic) bond motifs is 1. The Bertz CT molecular complexity index is 1230. The van der Waals surface area contributed by atoms with E-state index in [4.69, 9.17) is 0 Å². The highest BCUT2D eigenvalue weighted by Gasteiger charge is 2.27. The van der Waals surface area contributed by atoms with Gasteiger partial charge in [0.25, 0.3) is 5.56 Å². The van der Waals surface area contributed by atoms with Crippen molar-refractivity contribution >= 4 is 44.3 Å². The Hall–Kier alpha value is -3.27. The highest BCUT2D eigenvalue weighted by Crippen LogP contribution is 2.29. The predicted octanol–water partition coefficient (Wildman–Crippen LogP) is 2.46. The van der Waals surface area contributed by atoms with Crippen molar-refractivity contribution in [3.05, 3.63) is 46.0 Å². The molecule has 33 heavy (non-hydrogen) atoms. The second-order valence-corrected chi connectivity index (χ2v) is 9.30. The molecule has 3 heterocycles. The Morgan fingerprint density at radius 3 is 2.73 bits per heavy atom. The zero-order valence-electron chi connectivity index (χ0n) is 19.1. The van der Waals surface area contributed by atoms with Crippen molar-refractivity contribution in [1.29, 1.82) is 0 Å². The maximum atomic E-state index is 13.0. The number of thiazole rings is 1. The highest BCUT2D eigenvalue weighted by molar-refractivity contribution is 7.22. The van der Waals surface area contributed by atoms with E-state index in [0.717, 1.165) is 36.2 Å². The van der Waals surface area contributed by atoms with Gasteiger partial charge in [-0.15, -0.1) is 0 Å². The molecule has 2 N–H and O–H groups in total. The molecule has 2 aromatic heterocycles. The quantitative estimate of drug-likeness (QED) is 0.575. The summed E-state index contributed by atoms with van der Waals surface area (Å²) >= 11 is 1.26. The number of amides is 2. The van der Waals surface area contributed by atoms with Gasteiger partial charge in [0.05, 0.1) is 5.92 Å². The standard InChI is InChI=1S/C23H28N6O3S/c1-4-24-21(31)16-9-6-10-28(11-16)23-27-20-19(33-23)22(32)29(13-25-20)12-17(30)26-18-14(2)7-5-8-15(18)3/h5,7-8,13,16H,4,6,9-12H2,1-3H3,(H,24,31)(H,26,30)/t16-/m1/s1. The number of aryl methyl sites for hydroxylation is 2. The molecule has 1 aliphatic rings.